The summed E-state index contributed by atoms with van der Waals surface area (Å²) in [5.41, 5.74) is 7.54. The zero-order valence-corrected chi connectivity index (χ0v) is 35.2. The molecule has 52 heavy (non-hydrogen) atoms. The van der Waals surface area contributed by atoms with Crippen LogP contribution in [0, 0.1) is 21.6 Å². The van der Waals surface area contributed by atoms with Crippen molar-refractivity contribution >= 4 is 22.8 Å². The van der Waals surface area contributed by atoms with Gasteiger partial charge in [0.05, 0.1) is 5.69 Å². The highest BCUT2D eigenvalue weighted by atomic mass is 14.8. The van der Waals surface area contributed by atoms with E-state index in [9.17, 15) is 0 Å². The standard InChI is InChI=1S/3C8H11N.C7H10N2.4C3H7N/c1-7(2)8-3-5-9-6-4-8;1-7(2)8-4-3-5-9-6-8;1-7(2)8-5-3-4-6-9-8;1-6(2)7-5-8-3-4-9-7;4*1-3(2)4/h3*3-7H,1-2H3;3-6H,1-2H3;4*4H,1-2H3. The molecule has 0 spiro atoms. The van der Waals surface area contributed by atoms with Crippen LogP contribution < -0.4 is 0 Å². The maximum absolute atomic E-state index is 6.50. The Kier molecular flexibility index (Phi) is 37.4. The molecule has 0 saturated heterocycles. The van der Waals surface area contributed by atoms with E-state index in [2.05, 4.69) is 86.4 Å². The number of hydrogen-bond acceptors (Lipinski definition) is 9. The molecule has 0 amide bonds. The van der Waals surface area contributed by atoms with Gasteiger partial charge in [0.2, 0.25) is 0 Å². The van der Waals surface area contributed by atoms with Gasteiger partial charge in [-0.1, -0.05) is 67.5 Å². The Morgan fingerprint density at radius 3 is 1.04 bits per heavy atom. The molecule has 0 atom stereocenters. The van der Waals surface area contributed by atoms with Crippen molar-refractivity contribution in [1.29, 1.82) is 21.6 Å². The summed E-state index contributed by atoms with van der Waals surface area (Å²) in [6.45, 7) is 31.2. The lowest BCUT2D eigenvalue weighted by Gasteiger charge is -2.01. The van der Waals surface area contributed by atoms with Gasteiger partial charge < -0.3 is 21.6 Å². The zero-order valence-electron chi connectivity index (χ0n) is 35.2. The lowest BCUT2D eigenvalue weighted by Crippen LogP contribution is -1.91. The topological polar surface area (TPSA) is 160 Å². The van der Waals surface area contributed by atoms with Crippen LogP contribution in [0.15, 0.2) is 92.0 Å². The van der Waals surface area contributed by atoms with Gasteiger partial charge in [-0.15, -0.1) is 0 Å². The van der Waals surface area contributed by atoms with Crippen molar-refractivity contribution in [2.75, 3.05) is 0 Å². The normalized spacial score (nSPS) is 9.00. The summed E-state index contributed by atoms with van der Waals surface area (Å²) in [6, 6.07) is 14.2. The highest BCUT2D eigenvalue weighted by molar-refractivity contribution is 5.76. The van der Waals surface area contributed by atoms with Crippen LogP contribution in [-0.4, -0.2) is 47.8 Å². The summed E-state index contributed by atoms with van der Waals surface area (Å²) in [7, 11) is 0. The third-order valence-electron chi connectivity index (χ3n) is 5.18. The Labute approximate surface area is 317 Å². The number of pyridine rings is 3. The second kappa shape index (κ2) is 36.0. The average molecular weight is 714 g/mol. The molecule has 4 aromatic heterocycles. The molecule has 0 saturated carbocycles. The van der Waals surface area contributed by atoms with E-state index in [1.165, 1.54) is 11.1 Å². The van der Waals surface area contributed by atoms with Crippen LogP contribution in [0.3, 0.4) is 0 Å². The second-order valence-corrected chi connectivity index (χ2v) is 13.6. The third-order valence-corrected chi connectivity index (χ3v) is 5.18. The quantitative estimate of drug-likeness (QED) is 0.155. The molecule has 0 fully saturated rings. The first-order valence-corrected chi connectivity index (χ1v) is 17.7. The summed E-state index contributed by atoms with van der Waals surface area (Å²) >= 11 is 0. The van der Waals surface area contributed by atoms with Crippen molar-refractivity contribution in [3.8, 4) is 0 Å². The van der Waals surface area contributed by atoms with Crippen LogP contribution in [0.5, 0.6) is 0 Å². The van der Waals surface area contributed by atoms with Gasteiger partial charge in [-0.2, -0.15) is 0 Å². The number of rotatable bonds is 4. The maximum atomic E-state index is 6.50. The largest absolute Gasteiger partial charge is 0.310 e. The van der Waals surface area contributed by atoms with Crippen LogP contribution in [0.1, 0.15) is 157 Å². The molecule has 288 valence electrons. The van der Waals surface area contributed by atoms with Crippen molar-refractivity contribution in [2.45, 2.75) is 134 Å². The van der Waals surface area contributed by atoms with E-state index in [1.54, 1.807) is 80.2 Å². The first kappa shape index (κ1) is 54.0. The van der Waals surface area contributed by atoms with E-state index in [0.29, 0.717) is 46.5 Å². The van der Waals surface area contributed by atoms with E-state index in [4.69, 9.17) is 21.6 Å². The predicted molar refractivity (Wildman–Crippen MR) is 227 cm³/mol. The summed E-state index contributed by atoms with van der Waals surface area (Å²) in [4.78, 5) is 20.2. The van der Waals surface area contributed by atoms with E-state index in [1.807, 2.05) is 61.2 Å². The molecule has 4 rings (SSSR count). The fourth-order valence-electron chi connectivity index (χ4n) is 2.79. The fraction of sp³-hybridized carbons (Fsp3) is 0.465. The molecule has 0 aliphatic heterocycles. The molecule has 4 heterocycles. The van der Waals surface area contributed by atoms with Crippen molar-refractivity contribution in [2.24, 2.45) is 0 Å². The first-order chi connectivity index (χ1) is 24.1. The molecule has 0 bridgehead atoms. The minimum absolute atomic E-state index is 0.485. The molecule has 9 nitrogen and oxygen atoms in total. The van der Waals surface area contributed by atoms with Crippen LogP contribution in [0.25, 0.3) is 0 Å². The van der Waals surface area contributed by atoms with Crippen LogP contribution >= 0.6 is 0 Å². The van der Waals surface area contributed by atoms with Gasteiger partial charge in [0.15, 0.2) is 0 Å². The van der Waals surface area contributed by atoms with Crippen LogP contribution in [-0.2, 0) is 0 Å². The molecular formula is C43H71N9. The summed E-state index contributed by atoms with van der Waals surface area (Å²) < 4.78 is 0. The second-order valence-electron chi connectivity index (χ2n) is 13.6. The van der Waals surface area contributed by atoms with Crippen LogP contribution in [0.2, 0.25) is 0 Å². The highest BCUT2D eigenvalue weighted by Crippen LogP contribution is 2.11. The van der Waals surface area contributed by atoms with Crippen molar-refractivity contribution in [1.82, 2.24) is 24.9 Å². The number of nitrogens with one attached hydrogen (secondary N) is 4. The molecule has 0 aromatic carbocycles. The first-order valence-electron chi connectivity index (χ1n) is 17.7. The van der Waals surface area contributed by atoms with Gasteiger partial charge >= 0.3 is 0 Å². The Balaban J connectivity index is -0.000000261. The van der Waals surface area contributed by atoms with Gasteiger partial charge in [-0.3, -0.25) is 24.9 Å². The monoisotopic (exact) mass is 714 g/mol. The molecule has 9 heteroatoms. The number of nitrogens with zero attached hydrogens (tertiary/aromatic N) is 5. The maximum Gasteiger partial charge on any atom is 0.0612 e. The minimum atomic E-state index is 0.485. The minimum Gasteiger partial charge on any atom is -0.310 e. The van der Waals surface area contributed by atoms with Gasteiger partial charge in [-0.05, 0) is 121 Å². The smallest absolute Gasteiger partial charge is 0.0612 e. The Hall–Kier alpha value is -4.79. The van der Waals surface area contributed by atoms with E-state index in [0.717, 1.165) is 11.4 Å². The van der Waals surface area contributed by atoms with Gasteiger partial charge in [0, 0.05) is 78.1 Å². The summed E-state index contributed by atoms with van der Waals surface area (Å²) in [5.74, 6) is 2.25. The van der Waals surface area contributed by atoms with E-state index in [-0.39, 0.29) is 0 Å². The predicted octanol–water partition coefficient (Wildman–Crippen LogP) is 12.4. The molecule has 0 aliphatic rings. The molecule has 0 radical (unpaired) electrons. The molecular weight excluding hydrogens is 643 g/mol. The van der Waals surface area contributed by atoms with Gasteiger partial charge in [-0.25, -0.2) is 0 Å². The molecule has 4 aromatic rings. The van der Waals surface area contributed by atoms with Crippen LogP contribution in [0.4, 0.5) is 0 Å². The highest BCUT2D eigenvalue weighted by Gasteiger charge is 1.97. The Bertz CT molecular complexity index is 1170. The molecule has 4 N–H and O–H groups in total. The van der Waals surface area contributed by atoms with Crippen molar-refractivity contribution < 1.29 is 0 Å². The summed E-state index contributed by atoms with van der Waals surface area (Å²) in [5, 5.41) is 26.0. The third kappa shape index (κ3) is 47.3. The lowest BCUT2D eigenvalue weighted by atomic mass is 10.1. The Morgan fingerprint density at radius 1 is 0.385 bits per heavy atom. The van der Waals surface area contributed by atoms with Gasteiger partial charge in [0.1, 0.15) is 0 Å². The van der Waals surface area contributed by atoms with E-state index >= 15 is 0 Å². The lowest BCUT2D eigenvalue weighted by molar-refractivity contribution is 0.812. The molecule has 0 unspecified atom stereocenters. The van der Waals surface area contributed by atoms with E-state index < -0.39 is 0 Å². The number of hydrogen-bond donors (Lipinski definition) is 4. The Morgan fingerprint density at radius 2 is 0.808 bits per heavy atom. The number of aromatic nitrogens is 5. The fourth-order valence-corrected chi connectivity index (χ4v) is 2.79. The SMILES string of the molecule is CC(C)=N.CC(C)=N.CC(C)=N.CC(C)=N.CC(C)c1ccccn1.CC(C)c1cccnc1.CC(C)c1ccncc1.CC(C)c1cnccn1. The summed E-state index contributed by atoms with van der Waals surface area (Å²) in [6.07, 6.45) is 14.4. The molecule has 0 aliphatic carbocycles. The zero-order chi connectivity index (χ0) is 41.1. The average Bonchev–Trinajstić information content (AvgIpc) is 3.06. The van der Waals surface area contributed by atoms with Crippen molar-refractivity contribution in [3.63, 3.8) is 0 Å². The van der Waals surface area contributed by atoms with Crippen molar-refractivity contribution in [3.05, 3.63) is 115 Å². The van der Waals surface area contributed by atoms with Gasteiger partial charge in [0.25, 0.3) is 0 Å².